The molecular weight excluding hydrogens is 303 g/mol. The fraction of sp³-hybridized carbons (Fsp3) is 0.231. The number of benzene rings is 1. The van der Waals surface area contributed by atoms with Gasteiger partial charge in [0.1, 0.15) is 0 Å². The molecule has 0 spiro atoms. The second-order valence-electron chi connectivity index (χ2n) is 4.20. The summed E-state index contributed by atoms with van der Waals surface area (Å²) >= 11 is 0.961. The maximum atomic E-state index is 13.0. The summed E-state index contributed by atoms with van der Waals surface area (Å²) in [6, 6.07) is 5.23. The first kappa shape index (κ1) is 15.6. The van der Waals surface area contributed by atoms with Crippen molar-refractivity contribution in [3.63, 3.8) is 0 Å². The fourth-order valence-electron chi connectivity index (χ4n) is 1.77. The van der Waals surface area contributed by atoms with Crippen LogP contribution < -0.4 is 11.3 Å². The third-order valence-electron chi connectivity index (χ3n) is 2.66. The fourth-order valence-corrected chi connectivity index (χ4v) is 2.57. The molecule has 4 nitrogen and oxygen atoms in total. The zero-order chi connectivity index (χ0) is 15.5. The van der Waals surface area contributed by atoms with Crippen LogP contribution in [-0.4, -0.2) is 16.5 Å². The van der Waals surface area contributed by atoms with E-state index in [1.807, 2.05) is 0 Å². The lowest BCUT2D eigenvalue weighted by molar-refractivity contribution is -0.138. The molecular formula is C13H12F3N3OS. The molecule has 0 fully saturated rings. The van der Waals surface area contributed by atoms with Crippen LogP contribution in [0.15, 0.2) is 45.3 Å². The Morgan fingerprint density at radius 1 is 1.29 bits per heavy atom. The molecule has 8 heteroatoms. The first-order valence-electron chi connectivity index (χ1n) is 6.03. The molecule has 2 aromatic rings. The number of aromatic nitrogens is 2. The zero-order valence-electron chi connectivity index (χ0n) is 10.8. The van der Waals surface area contributed by atoms with E-state index in [2.05, 4.69) is 9.97 Å². The average Bonchev–Trinajstić information content (AvgIpc) is 2.39. The molecule has 0 aliphatic heterocycles. The van der Waals surface area contributed by atoms with Crippen molar-refractivity contribution in [2.45, 2.75) is 22.6 Å². The van der Waals surface area contributed by atoms with E-state index >= 15 is 0 Å². The largest absolute Gasteiger partial charge is 0.416 e. The van der Waals surface area contributed by atoms with Crippen LogP contribution in [0.25, 0.3) is 0 Å². The minimum Gasteiger partial charge on any atom is -0.330 e. The monoisotopic (exact) mass is 315 g/mol. The summed E-state index contributed by atoms with van der Waals surface area (Å²) in [6.07, 6.45) is -2.99. The van der Waals surface area contributed by atoms with Crippen molar-refractivity contribution >= 4 is 11.8 Å². The Morgan fingerprint density at radius 3 is 2.67 bits per heavy atom. The topological polar surface area (TPSA) is 71.8 Å². The number of halogens is 3. The quantitative estimate of drug-likeness (QED) is 0.850. The number of rotatable bonds is 4. The molecule has 0 radical (unpaired) electrons. The molecule has 1 heterocycles. The minimum absolute atomic E-state index is 0.142. The van der Waals surface area contributed by atoms with Gasteiger partial charge in [0.15, 0.2) is 5.16 Å². The summed E-state index contributed by atoms with van der Waals surface area (Å²) in [4.78, 5) is 17.8. The Bertz CT molecular complexity index is 685. The Morgan fingerprint density at radius 2 is 2.05 bits per heavy atom. The normalized spacial score (nSPS) is 11.6. The van der Waals surface area contributed by atoms with Crippen molar-refractivity contribution in [2.75, 3.05) is 6.54 Å². The van der Waals surface area contributed by atoms with Gasteiger partial charge < -0.3 is 10.7 Å². The van der Waals surface area contributed by atoms with E-state index < -0.39 is 11.7 Å². The first-order valence-corrected chi connectivity index (χ1v) is 6.85. The smallest absolute Gasteiger partial charge is 0.330 e. The van der Waals surface area contributed by atoms with E-state index in [1.54, 1.807) is 6.07 Å². The number of aromatic amines is 1. The molecule has 0 saturated heterocycles. The van der Waals surface area contributed by atoms with Crippen molar-refractivity contribution in [2.24, 2.45) is 5.73 Å². The van der Waals surface area contributed by atoms with E-state index in [9.17, 15) is 18.0 Å². The standard InChI is InChI=1S/C13H12F3N3OS/c14-13(15,16)10-7-9(2-1-8(10)3-5-17)21-12-18-6-4-11(20)19-12/h1-2,4,6-7H,3,5,17H2,(H,18,19,20). The zero-order valence-corrected chi connectivity index (χ0v) is 11.6. The van der Waals surface area contributed by atoms with Gasteiger partial charge in [0, 0.05) is 17.2 Å². The van der Waals surface area contributed by atoms with Crippen molar-refractivity contribution in [3.05, 3.63) is 51.9 Å². The van der Waals surface area contributed by atoms with Crippen LogP contribution in [0.4, 0.5) is 13.2 Å². The predicted octanol–water partition coefficient (Wildman–Crippen LogP) is 2.44. The van der Waals surface area contributed by atoms with Gasteiger partial charge in [0.25, 0.3) is 5.56 Å². The van der Waals surface area contributed by atoms with Gasteiger partial charge in [0.2, 0.25) is 0 Å². The molecule has 1 aromatic heterocycles. The maximum absolute atomic E-state index is 13.0. The summed E-state index contributed by atoms with van der Waals surface area (Å²) in [5, 5.41) is 0.238. The number of alkyl halides is 3. The molecule has 0 bridgehead atoms. The maximum Gasteiger partial charge on any atom is 0.416 e. The minimum atomic E-state index is -4.45. The predicted molar refractivity (Wildman–Crippen MR) is 73.2 cm³/mol. The molecule has 3 N–H and O–H groups in total. The highest BCUT2D eigenvalue weighted by atomic mass is 32.2. The highest BCUT2D eigenvalue weighted by molar-refractivity contribution is 7.99. The van der Waals surface area contributed by atoms with Crippen molar-refractivity contribution in [1.82, 2.24) is 9.97 Å². The van der Waals surface area contributed by atoms with Crippen LogP contribution in [0.3, 0.4) is 0 Å². The number of nitrogens with two attached hydrogens (primary N) is 1. The van der Waals surface area contributed by atoms with Crippen molar-refractivity contribution in [1.29, 1.82) is 0 Å². The third kappa shape index (κ3) is 4.08. The van der Waals surface area contributed by atoms with Crippen LogP contribution in [0, 0.1) is 0 Å². The number of H-pyrrole nitrogens is 1. The summed E-state index contributed by atoms with van der Waals surface area (Å²) < 4.78 is 39.1. The van der Waals surface area contributed by atoms with Gasteiger partial charge >= 0.3 is 6.18 Å². The lowest BCUT2D eigenvalue weighted by Gasteiger charge is -2.13. The molecule has 0 aliphatic carbocycles. The number of hydrogen-bond acceptors (Lipinski definition) is 4. The van der Waals surface area contributed by atoms with E-state index in [1.165, 1.54) is 18.3 Å². The van der Waals surface area contributed by atoms with Gasteiger partial charge in [0.05, 0.1) is 5.56 Å². The highest BCUT2D eigenvalue weighted by Gasteiger charge is 2.33. The Labute approximate surface area is 122 Å². The molecule has 112 valence electrons. The van der Waals surface area contributed by atoms with Gasteiger partial charge in [-0.3, -0.25) is 4.79 Å². The Kier molecular flexibility index (Phi) is 4.69. The second kappa shape index (κ2) is 6.31. The van der Waals surface area contributed by atoms with E-state index in [4.69, 9.17) is 5.73 Å². The third-order valence-corrected chi connectivity index (χ3v) is 3.55. The number of hydrogen-bond donors (Lipinski definition) is 2. The van der Waals surface area contributed by atoms with Gasteiger partial charge in [-0.25, -0.2) is 4.98 Å². The summed E-state index contributed by atoms with van der Waals surface area (Å²) in [5.74, 6) is 0. The van der Waals surface area contributed by atoms with Crippen LogP contribution in [0.5, 0.6) is 0 Å². The van der Waals surface area contributed by atoms with Gasteiger partial charge in [-0.05, 0) is 30.7 Å². The Balaban J connectivity index is 2.35. The molecule has 2 rings (SSSR count). The first-order chi connectivity index (χ1) is 9.90. The van der Waals surface area contributed by atoms with Crippen molar-refractivity contribution in [3.8, 4) is 0 Å². The van der Waals surface area contributed by atoms with Gasteiger partial charge in [-0.2, -0.15) is 13.2 Å². The molecule has 0 amide bonds. The summed E-state index contributed by atoms with van der Waals surface area (Å²) in [7, 11) is 0. The molecule has 0 atom stereocenters. The lowest BCUT2D eigenvalue weighted by atomic mass is 10.0. The summed E-state index contributed by atoms with van der Waals surface area (Å²) in [5.41, 5.74) is 4.42. The summed E-state index contributed by atoms with van der Waals surface area (Å²) in [6.45, 7) is 0.142. The number of nitrogens with one attached hydrogen (secondary N) is 1. The second-order valence-corrected chi connectivity index (χ2v) is 5.26. The lowest BCUT2D eigenvalue weighted by Crippen LogP contribution is -2.12. The number of nitrogens with zero attached hydrogens (tertiary/aromatic N) is 1. The van der Waals surface area contributed by atoms with Gasteiger partial charge in [-0.1, -0.05) is 17.8 Å². The highest BCUT2D eigenvalue weighted by Crippen LogP contribution is 2.35. The SMILES string of the molecule is NCCc1ccc(Sc2nccc(=O)[nH]2)cc1C(F)(F)F. The van der Waals surface area contributed by atoms with Crippen LogP contribution in [0.1, 0.15) is 11.1 Å². The average molecular weight is 315 g/mol. The van der Waals surface area contributed by atoms with Crippen LogP contribution in [-0.2, 0) is 12.6 Å². The van der Waals surface area contributed by atoms with E-state index in [0.717, 1.165) is 17.8 Å². The molecule has 1 aromatic carbocycles. The van der Waals surface area contributed by atoms with Gasteiger partial charge in [-0.15, -0.1) is 0 Å². The van der Waals surface area contributed by atoms with E-state index in [0.29, 0.717) is 4.90 Å². The van der Waals surface area contributed by atoms with E-state index in [-0.39, 0.29) is 29.2 Å². The molecule has 21 heavy (non-hydrogen) atoms. The van der Waals surface area contributed by atoms with Crippen LogP contribution >= 0.6 is 11.8 Å². The molecule has 0 aliphatic rings. The molecule has 0 saturated carbocycles. The van der Waals surface area contributed by atoms with Crippen molar-refractivity contribution < 1.29 is 13.2 Å². The molecule has 0 unspecified atom stereocenters. The Hall–Kier alpha value is -1.80. The van der Waals surface area contributed by atoms with Crippen LogP contribution in [0.2, 0.25) is 0 Å².